The monoisotopic (exact) mass is 315 g/mol. The Kier molecular flexibility index (Phi) is 4.00. The van der Waals surface area contributed by atoms with Crippen LogP contribution in [0.15, 0.2) is 24.4 Å². The van der Waals surface area contributed by atoms with Crippen LogP contribution in [-0.2, 0) is 6.18 Å². The maximum absolute atomic E-state index is 12.7. The van der Waals surface area contributed by atoms with Gasteiger partial charge in [-0.25, -0.2) is 4.98 Å². The highest BCUT2D eigenvalue weighted by Gasteiger charge is 2.31. The highest BCUT2D eigenvalue weighted by molar-refractivity contribution is 6.33. The van der Waals surface area contributed by atoms with Crippen LogP contribution < -0.4 is 11.1 Å². The fraction of sp³-hybridized carbons (Fsp3) is 0.214. The summed E-state index contributed by atoms with van der Waals surface area (Å²) in [6.07, 6.45) is -3.78. The van der Waals surface area contributed by atoms with E-state index in [-0.39, 0.29) is 11.5 Å². The van der Waals surface area contributed by atoms with Gasteiger partial charge in [-0.05, 0) is 37.1 Å². The molecule has 0 amide bonds. The van der Waals surface area contributed by atoms with E-state index in [1.165, 1.54) is 0 Å². The molecule has 2 aromatic rings. The van der Waals surface area contributed by atoms with Crippen molar-refractivity contribution in [3.8, 4) is 0 Å². The molecule has 0 bridgehead atoms. The van der Waals surface area contributed by atoms with Gasteiger partial charge in [0.15, 0.2) is 0 Å². The summed E-state index contributed by atoms with van der Waals surface area (Å²) in [5.41, 5.74) is 7.09. The minimum absolute atomic E-state index is 0.0287. The molecule has 2 rings (SSSR count). The Hall–Kier alpha value is -1.95. The van der Waals surface area contributed by atoms with Gasteiger partial charge in [0.1, 0.15) is 5.82 Å². The Morgan fingerprint density at radius 1 is 1.19 bits per heavy atom. The number of anilines is 3. The molecule has 0 aliphatic carbocycles. The summed E-state index contributed by atoms with van der Waals surface area (Å²) in [5.74, 6) is -0.0287. The lowest BCUT2D eigenvalue weighted by Gasteiger charge is -2.15. The molecular weight excluding hydrogens is 303 g/mol. The number of pyridine rings is 1. The molecule has 0 saturated heterocycles. The average Bonchev–Trinajstić information content (AvgIpc) is 2.34. The van der Waals surface area contributed by atoms with Crippen LogP contribution in [0.3, 0.4) is 0 Å². The molecular formula is C14H13ClF3N3. The zero-order chi connectivity index (χ0) is 15.8. The van der Waals surface area contributed by atoms with E-state index >= 15 is 0 Å². The first kappa shape index (κ1) is 15.4. The first-order valence-electron chi connectivity index (χ1n) is 6.05. The van der Waals surface area contributed by atoms with Crippen LogP contribution in [0.2, 0.25) is 5.02 Å². The number of nitrogens with two attached hydrogens (primary N) is 1. The van der Waals surface area contributed by atoms with Gasteiger partial charge < -0.3 is 11.1 Å². The number of nitrogens with zero attached hydrogens (tertiary/aromatic N) is 1. The molecule has 1 aromatic heterocycles. The second-order valence-corrected chi connectivity index (χ2v) is 5.13. The van der Waals surface area contributed by atoms with Crippen molar-refractivity contribution in [1.29, 1.82) is 0 Å². The third-order valence-electron chi connectivity index (χ3n) is 2.94. The van der Waals surface area contributed by atoms with Crippen molar-refractivity contribution in [2.75, 3.05) is 11.1 Å². The Morgan fingerprint density at radius 3 is 2.43 bits per heavy atom. The third kappa shape index (κ3) is 3.39. The van der Waals surface area contributed by atoms with E-state index in [0.717, 1.165) is 17.2 Å². The number of hydrogen-bond acceptors (Lipinski definition) is 3. The van der Waals surface area contributed by atoms with Gasteiger partial charge in [-0.2, -0.15) is 13.2 Å². The Morgan fingerprint density at radius 2 is 1.86 bits per heavy atom. The van der Waals surface area contributed by atoms with E-state index in [0.29, 0.717) is 16.9 Å². The number of aryl methyl sites for hydroxylation is 2. The van der Waals surface area contributed by atoms with E-state index in [2.05, 4.69) is 10.3 Å². The van der Waals surface area contributed by atoms with Gasteiger partial charge in [-0.15, -0.1) is 0 Å². The molecule has 3 N–H and O–H groups in total. The van der Waals surface area contributed by atoms with E-state index in [4.69, 9.17) is 17.3 Å². The molecule has 0 fully saturated rings. The second-order valence-electron chi connectivity index (χ2n) is 4.72. The van der Waals surface area contributed by atoms with Crippen molar-refractivity contribution < 1.29 is 13.2 Å². The molecule has 0 radical (unpaired) electrons. The van der Waals surface area contributed by atoms with Crippen LogP contribution in [0.25, 0.3) is 0 Å². The zero-order valence-electron chi connectivity index (χ0n) is 11.3. The van der Waals surface area contributed by atoms with Crippen molar-refractivity contribution in [2.24, 2.45) is 0 Å². The normalized spacial score (nSPS) is 11.5. The highest BCUT2D eigenvalue weighted by atomic mass is 35.5. The highest BCUT2D eigenvalue weighted by Crippen LogP contribution is 2.35. The standard InChI is InChI=1S/C14H13ClF3N3/c1-7-3-8(2)12(10(15)4-7)21-11-5-9(14(16,17)18)6-20-13(11)19/h3-6,21H,1-2H3,(H2,19,20). The van der Waals surface area contributed by atoms with Crippen LogP contribution >= 0.6 is 11.6 Å². The fourth-order valence-corrected chi connectivity index (χ4v) is 2.31. The quantitative estimate of drug-likeness (QED) is 0.844. The van der Waals surface area contributed by atoms with E-state index in [1.807, 2.05) is 13.0 Å². The smallest absolute Gasteiger partial charge is 0.382 e. The van der Waals surface area contributed by atoms with Crippen LogP contribution in [-0.4, -0.2) is 4.98 Å². The van der Waals surface area contributed by atoms with Crippen molar-refractivity contribution in [3.05, 3.63) is 46.1 Å². The number of benzene rings is 1. The van der Waals surface area contributed by atoms with Crippen molar-refractivity contribution >= 4 is 28.8 Å². The zero-order valence-corrected chi connectivity index (χ0v) is 12.1. The van der Waals surface area contributed by atoms with Gasteiger partial charge in [-0.1, -0.05) is 17.7 Å². The van der Waals surface area contributed by atoms with E-state index in [1.54, 1.807) is 13.0 Å². The Labute approximate surface area is 124 Å². The molecule has 7 heteroatoms. The van der Waals surface area contributed by atoms with Crippen LogP contribution in [0.4, 0.5) is 30.4 Å². The maximum Gasteiger partial charge on any atom is 0.417 e. The molecule has 1 heterocycles. The first-order chi connectivity index (χ1) is 9.68. The molecule has 0 aliphatic rings. The summed E-state index contributed by atoms with van der Waals surface area (Å²) in [4.78, 5) is 3.57. The van der Waals surface area contributed by atoms with Gasteiger partial charge in [0.25, 0.3) is 0 Å². The minimum atomic E-state index is -4.48. The first-order valence-corrected chi connectivity index (χ1v) is 6.43. The molecule has 21 heavy (non-hydrogen) atoms. The molecule has 0 spiro atoms. The van der Waals surface area contributed by atoms with Crippen LogP contribution in [0.5, 0.6) is 0 Å². The lowest BCUT2D eigenvalue weighted by atomic mass is 10.1. The predicted molar refractivity (Wildman–Crippen MR) is 77.9 cm³/mol. The molecule has 0 saturated carbocycles. The predicted octanol–water partition coefficient (Wildman–Crippen LogP) is 4.70. The van der Waals surface area contributed by atoms with Gasteiger partial charge in [0.05, 0.1) is 22.0 Å². The lowest BCUT2D eigenvalue weighted by Crippen LogP contribution is -2.08. The Balaban J connectivity index is 2.45. The van der Waals surface area contributed by atoms with Crippen molar-refractivity contribution in [2.45, 2.75) is 20.0 Å². The number of aromatic nitrogens is 1. The third-order valence-corrected chi connectivity index (χ3v) is 3.24. The summed E-state index contributed by atoms with van der Waals surface area (Å²) in [5, 5.41) is 3.24. The fourth-order valence-electron chi connectivity index (χ4n) is 1.94. The van der Waals surface area contributed by atoms with Crippen molar-refractivity contribution in [1.82, 2.24) is 4.98 Å². The summed E-state index contributed by atoms with van der Waals surface area (Å²) in [6.45, 7) is 3.68. The molecule has 0 unspecified atom stereocenters. The van der Waals surface area contributed by atoms with Gasteiger partial charge in [0, 0.05) is 6.20 Å². The van der Waals surface area contributed by atoms with E-state index < -0.39 is 11.7 Å². The molecule has 0 atom stereocenters. The molecule has 0 aliphatic heterocycles. The van der Waals surface area contributed by atoms with Gasteiger partial charge in [-0.3, -0.25) is 0 Å². The number of halogens is 4. The molecule has 1 aromatic carbocycles. The average molecular weight is 316 g/mol. The molecule has 112 valence electrons. The van der Waals surface area contributed by atoms with Crippen LogP contribution in [0.1, 0.15) is 16.7 Å². The maximum atomic E-state index is 12.7. The number of hydrogen-bond donors (Lipinski definition) is 2. The summed E-state index contributed by atoms with van der Waals surface area (Å²) in [7, 11) is 0. The topological polar surface area (TPSA) is 50.9 Å². The SMILES string of the molecule is Cc1cc(C)c(Nc2cc(C(F)(F)F)cnc2N)c(Cl)c1. The number of nitrogen functional groups attached to an aromatic ring is 1. The summed E-state index contributed by atoms with van der Waals surface area (Å²) < 4.78 is 38.1. The molecule has 3 nitrogen and oxygen atoms in total. The Bertz CT molecular complexity index is 661. The largest absolute Gasteiger partial charge is 0.417 e. The second kappa shape index (κ2) is 5.44. The minimum Gasteiger partial charge on any atom is -0.382 e. The van der Waals surface area contributed by atoms with Gasteiger partial charge >= 0.3 is 6.18 Å². The van der Waals surface area contributed by atoms with Gasteiger partial charge in [0.2, 0.25) is 0 Å². The van der Waals surface area contributed by atoms with Crippen LogP contribution in [0, 0.1) is 13.8 Å². The number of nitrogens with one attached hydrogen (secondary N) is 1. The van der Waals surface area contributed by atoms with E-state index in [9.17, 15) is 13.2 Å². The summed E-state index contributed by atoms with van der Waals surface area (Å²) in [6, 6.07) is 4.50. The van der Waals surface area contributed by atoms with Crippen molar-refractivity contribution in [3.63, 3.8) is 0 Å². The number of rotatable bonds is 2. The number of alkyl halides is 3. The summed E-state index contributed by atoms with van der Waals surface area (Å²) >= 11 is 6.12. The lowest BCUT2D eigenvalue weighted by molar-refractivity contribution is -0.137.